The lowest BCUT2D eigenvalue weighted by Gasteiger charge is -2.25. The number of benzene rings is 2. The molecule has 2 heterocycles. The smallest absolute Gasteiger partial charge is 0.118 e. The molecule has 0 saturated carbocycles. The van der Waals surface area contributed by atoms with E-state index < -0.39 is 0 Å². The first-order valence-corrected chi connectivity index (χ1v) is 7.33. The first-order valence-electron chi connectivity index (χ1n) is 7.33. The van der Waals surface area contributed by atoms with Crippen LogP contribution < -0.4 is 10.1 Å². The summed E-state index contributed by atoms with van der Waals surface area (Å²) in [6.07, 6.45) is 1.08. The van der Waals surface area contributed by atoms with Crippen molar-refractivity contribution in [2.75, 3.05) is 13.7 Å². The molecule has 0 radical (unpaired) electrons. The number of methoxy groups -OCH3 is 1. The molecule has 1 atom stereocenters. The van der Waals surface area contributed by atoms with Gasteiger partial charge in [0, 0.05) is 23.1 Å². The summed E-state index contributed by atoms with van der Waals surface area (Å²) in [6.45, 7) is 1.01. The average Bonchev–Trinajstić information content (AvgIpc) is 2.94. The predicted octanol–water partition coefficient (Wildman–Crippen LogP) is 3.41. The average molecular weight is 278 g/mol. The van der Waals surface area contributed by atoms with Gasteiger partial charge in [-0.25, -0.2) is 0 Å². The molecule has 1 aromatic heterocycles. The van der Waals surface area contributed by atoms with E-state index in [-0.39, 0.29) is 6.04 Å². The molecule has 0 fully saturated rings. The fraction of sp³-hybridized carbons (Fsp3) is 0.222. The van der Waals surface area contributed by atoms with Gasteiger partial charge in [-0.05, 0) is 35.7 Å². The second-order valence-electron chi connectivity index (χ2n) is 5.47. The van der Waals surface area contributed by atoms with Gasteiger partial charge in [0.2, 0.25) is 0 Å². The van der Waals surface area contributed by atoms with Gasteiger partial charge in [-0.15, -0.1) is 0 Å². The van der Waals surface area contributed by atoms with E-state index in [1.54, 1.807) is 7.11 Å². The molecule has 3 heteroatoms. The Morgan fingerprint density at radius 1 is 1.05 bits per heavy atom. The standard InChI is InChI=1S/C18H18N2O/c1-21-13-8-6-12(7-9-13)17-18-15(10-11-19-17)14-4-2-3-5-16(14)20-18/h2-9,17,19-20H,10-11H2,1H3/t17-/m0/s1. The Labute approximate surface area is 123 Å². The molecule has 1 aliphatic heterocycles. The molecule has 3 nitrogen and oxygen atoms in total. The van der Waals surface area contributed by atoms with Crippen molar-refractivity contribution in [2.45, 2.75) is 12.5 Å². The third-order valence-corrected chi connectivity index (χ3v) is 4.31. The summed E-state index contributed by atoms with van der Waals surface area (Å²) in [5.41, 5.74) is 5.24. The lowest BCUT2D eigenvalue weighted by molar-refractivity contribution is 0.414. The van der Waals surface area contributed by atoms with Crippen molar-refractivity contribution in [2.24, 2.45) is 0 Å². The van der Waals surface area contributed by atoms with Gasteiger partial charge in [0.1, 0.15) is 5.75 Å². The van der Waals surface area contributed by atoms with Gasteiger partial charge in [-0.2, -0.15) is 0 Å². The quantitative estimate of drug-likeness (QED) is 0.753. The minimum absolute atomic E-state index is 0.229. The number of aromatic amines is 1. The number of hydrogen-bond donors (Lipinski definition) is 2. The molecular weight excluding hydrogens is 260 g/mol. The second kappa shape index (κ2) is 4.93. The summed E-state index contributed by atoms with van der Waals surface area (Å²) in [6, 6.07) is 17.1. The van der Waals surface area contributed by atoms with Gasteiger partial charge in [-0.1, -0.05) is 30.3 Å². The van der Waals surface area contributed by atoms with Crippen molar-refractivity contribution < 1.29 is 4.74 Å². The van der Waals surface area contributed by atoms with Crippen molar-refractivity contribution >= 4 is 10.9 Å². The largest absolute Gasteiger partial charge is 0.497 e. The maximum atomic E-state index is 5.25. The van der Waals surface area contributed by atoms with E-state index in [9.17, 15) is 0 Å². The molecular formula is C18H18N2O. The van der Waals surface area contributed by atoms with E-state index in [0.717, 1.165) is 18.7 Å². The van der Waals surface area contributed by atoms with Gasteiger partial charge in [-0.3, -0.25) is 0 Å². The maximum absolute atomic E-state index is 5.25. The highest BCUT2D eigenvalue weighted by Crippen LogP contribution is 2.33. The fourth-order valence-electron chi connectivity index (χ4n) is 3.26. The second-order valence-corrected chi connectivity index (χ2v) is 5.47. The molecule has 0 amide bonds. The molecule has 21 heavy (non-hydrogen) atoms. The van der Waals surface area contributed by atoms with E-state index in [1.165, 1.54) is 27.7 Å². The number of rotatable bonds is 2. The van der Waals surface area contributed by atoms with Crippen LogP contribution >= 0.6 is 0 Å². The van der Waals surface area contributed by atoms with Crippen LogP contribution in [0.4, 0.5) is 0 Å². The van der Waals surface area contributed by atoms with Crippen molar-refractivity contribution in [1.29, 1.82) is 0 Å². The fourth-order valence-corrected chi connectivity index (χ4v) is 3.26. The number of para-hydroxylation sites is 1. The normalized spacial score (nSPS) is 17.7. The lowest BCUT2D eigenvalue weighted by Crippen LogP contribution is -2.30. The maximum Gasteiger partial charge on any atom is 0.118 e. The Morgan fingerprint density at radius 2 is 1.86 bits per heavy atom. The van der Waals surface area contributed by atoms with E-state index in [2.05, 4.69) is 46.7 Å². The minimum atomic E-state index is 0.229. The van der Waals surface area contributed by atoms with Crippen molar-refractivity contribution in [3.05, 3.63) is 65.4 Å². The number of ether oxygens (including phenoxy) is 1. The molecule has 0 bridgehead atoms. The Bertz CT molecular complexity index is 774. The van der Waals surface area contributed by atoms with Gasteiger partial charge in [0.15, 0.2) is 0 Å². The highest BCUT2D eigenvalue weighted by atomic mass is 16.5. The molecule has 4 rings (SSSR count). The van der Waals surface area contributed by atoms with E-state index >= 15 is 0 Å². The predicted molar refractivity (Wildman–Crippen MR) is 84.8 cm³/mol. The monoisotopic (exact) mass is 278 g/mol. The Balaban J connectivity index is 1.82. The first kappa shape index (κ1) is 12.5. The first-order chi connectivity index (χ1) is 10.4. The van der Waals surface area contributed by atoms with Crippen molar-refractivity contribution in [3.8, 4) is 5.75 Å². The van der Waals surface area contributed by atoms with Crippen LogP contribution in [-0.2, 0) is 6.42 Å². The highest BCUT2D eigenvalue weighted by Gasteiger charge is 2.24. The van der Waals surface area contributed by atoms with Crippen molar-refractivity contribution in [3.63, 3.8) is 0 Å². The Kier molecular flexibility index (Phi) is 2.93. The van der Waals surface area contributed by atoms with E-state index in [0.29, 0.717) is 0 Å². The number of aromatic nitrogens is 1. The molecule has 3 aromatic rings. The molecule has 0 saturated heterocycles. The molecule has 1 aliphatic rings. The van der Waals surface area contributed by atoms with Gasteiger partial charge in [0.25, 0.3) is 0 Å². The highest BCUT2D eigenvalue weighted by molar-refractivity contribution is 5.85. The van der Waals surface area contributed by atoms with Crippen LogP contribution in [0, 0.1) is 0 Å². The van der Waals surface area contributed by atoms with Crippen LogP contribution in [0.1, 0.15) is 22.9 Å². The van der Waals surface area contributed by atoms with Crippen LogP contribution in [0.5, 0.6) is 5.75 Å². The SMILES string of the molecule is COc1ccc([C@@H]2NCCc3c2[nH]c2ccccc32)cc1. The Morgan fingerprint density at radius 3 is 2.67 bits per heavy atom. The van der Waals surface area contributed by atoms with Crippen LogP contribution in [-0.4, -0.2) is 18.6 Å². The zero-order valence-corrected chi connectivity index (χ0v) is 12.0. The third kappa shape index (κ3) is 2.01. The van der Waals surface area contributed by atoms with Gasteiger partial charge < -0.3 is 15.0 Å². The number of H-pyrrole nitrogens is 1. The molecule has 0 spiro atoms. The zero-order chi connectivity index (χ0) is 14.2. The summed E-state index contributed by atoms with van der Waals surface area (Å²) < 4.78 is 5.25. The summed E-state index contributed by atoms with van der Waals surface area (Å²) in [5, 5.41) is 4.97. The van der Waals surface area contributed by atoms with Gasteiger partial charge in [0.05, 0.1) is 13.2 Å². The zero-order valence-electron chi connectivity index (χ0n) is 12.0. The lowest BCUT2D eigenvalue weighted by atomic mass is 9.94. The number of fused-ring (bicyclic) bond motifs is 3. The van der Waals surface area contributed by atoms with Crippen LogP contribution in [0.2, 0.25) is 0 Å². The summed E-state index contributed by atoms with van der Waals surface area (Å²) in [5.74, 6) is 0.895. The Hall–Kier alpha value is -2.26. The third-order valence-electron chi connectivity index (χ3n) is 4.31. The van der Waals surface area contributed by atoms with Crippen LogP contribution in [0.25, 0.3) is 10.9 Å². The summed E-state index contributed by atoms with van der Waals surface area (Å²) in [7, 11) is 1.70. The van der Waals surface area contributed by atoms with Crippen LogP contribution in [0.3, 0.4) is 0 Å². The molecule has 0 unspecified atom stereocenters. The number of hydrogen-bond acceptors (Lipinski definition) is 2. The van der Waals surface area contributed by atoms with Crippen LogP contribution in [0.15, 0.2) is 48.5 Å². The molecule has 2 aromatic carbocycles. The topological polar surface area (TPSA) is 37.0 Å². The summed E-state index contributed by atoms with van der Waals surface area (Å²) >= 11 is 0. The van der Waals surface area contributed by atoms with Crippen molar-refractivity contribution in [1.82, 2.24) is 10.3 Å². The molecule has 106 valence electrons. The van der Waals surface area contributed by atoms with E-state index in [1.807, 2.05) is 12.1 Å². The minimum Gasteiger partial charge on any atom is -0.497 e. The number of nitrogens with one attached hydrogen (secondary N) is 2. The molecule has 2 N–H and O–H groups in total. The summed E-state index contributed by atoms with van der Waals surface area (Å²) in [4.78, 5) is 3.60. The van der Waals surface area contributed by atoms with E-state index in [4.69, 9.17) is 4.74 Å². The van der Waals surface area contributed by atoms with Gasteiger partial charge >= 0.3 is 0 Å². The molecule has 0 aliphatic carbocycles.